The van der Waals surface area contributed by atoms with Crippen molar-refractivity contribution in [1.29, 1.82) is 0 Å². The number of hydrogen-bond donors (Lipinski definition) is 2. The number of ether oxygens (including phenoxy) is 4. The predicted molar refractivity (Wildman–Crippen MR) is 185 cm³/mol. The second-order valence-corrected chi connectivity index (χ2v) is 12.5. The summed E-state index contributed by atoms with van der Waals surface area (Å²) in [6, 6.07) is 18.3. The van der Waals surface area contributed by atoms with E-state index in [-0.39, 0.29) is 17.8 Å². The number of fused-ring (bicyclic) bond motifs is 6. The van der Waals surface area contributed by atoms with Crippen molar-refractivity contribution in [1.82, 2.24) is 9.97 Å². The standard InChI is InChI=1S/C38H40N4O5/c1-21(2)38(43)47-34-11-6-22(18-35(34)46-5)23(16-32-36-28(12-14-39-32)26-9-7-24(44-3)19-30(26)41-36)17-33-37-29(13-15-40-33)27-10-8-25(45-4)20-31(27)42-37/h6-11,18-21,23,41-42H,12-17H2,1-5H3. The minimum Gasteiger partial charge on any atom is -0.497 e. The Morgan fingerprint density at radius 1 is 0.723 bits per heavy atom. The van der Waals surface area contributed by atoms with Crippen LogP contribution in [0.2, 0.25) is 0 Å². The Morgan fingerprint density at radius 2 is 1.28 bits per heavy atom. The molecule has 9 nitrogen and oxygen atoms in total. The fourth-order valence-electron chi connectivity index (χ4n) is 6.86. The van der Waals surface area contributed by atoms with Crippen LogP contribution in [0, 0.1) is 5.92 Å². The molecule has 0 fully saturated rings. The van der Waals surface area contributed by atoms with Crippen molar-refractivity contribution in [2.45, 2.75) is 45.4 Å². The number of esters is 1. The molecular formula is C38H40N4O5. The average molecular weight is 633 g/mol. The quantitative estimate of drug-likeness (QED) is 0.125. The number of aromatic nitrogens is 2. The molecule has 2 N–H and O–H groups in total. The molecule has 5 aromatic rings. The molecule has 0 radical (unpaired) electrons. The fraction of sp³-hybridized carbons (Fsp3) is 0.342. The van der Waals surface area contributed by atoms with Crippen LogP contribution in [0.4, 0.5) is 0 Å². The molecule has 7 rings (SSSR count). The van der Waals surface area contributed by atoms with Crippen molar-refractivity contribution < 1.29 is 23.7 Å². The molecule has 242 valence electrons. The van der Waals surface area contributed by atoms with E-state index in [4.69, 9.17) is 28.9 Å². The second kappa shape index (κ2) is 12.6. The van der Waals surface area contributed by atoms with Crippen LogP contribution in [0.3, 0.4) is 0 Å². The lowest BCUT2D eigenvalue weighted by Crippen LogP contribution is -2.20. The van der Waals surface area contributed by atoms with E-state index in [9.17, 15) is 4.79 Å². The lowest BCUT2D eigenvalue weighted by Gasteiger charge is -2.24. The topological polar surface area (TPSA) is 110 Å². The Balaban J connectivity index is 1.28. The minimum atomic E-state index is -0.299. The number of methoxy groups -OCH3 is 3. The van der Waals surface area contributed by atoms with Gasteiger partial charge in [-0.2, -0.15) is 0 Å². The van der Waals surface area contributed by atoms with Crippen molar-refractivity contribution >= 4 is 39.2 Å². The van der Waals surface area contributed by atoms with E-state index in [0.29, 0.717) is 24.3 Å². The molecular weight excluding hydrogens is 592 g/mol. The monoisotopic (exact) mass is 632 g/mol. The number of H-pyrrole nitrogens is 2. The molecule has 2 aromatic heterocycles. The summed E-state index contributed by atoms with van der Waals surface area (Å²) in [6.45, 7) is 5.10. The number of hydrogen-bond acceptors (Lipinski definition) is 7. The summed E-state index contributed by atoms with van der Waals surface area (Å²) >= 11 is 0. The molecule has 0 amide bonds. The molecule has 0 bridgehead atoms. The molecule has 2 aliphatic heterocycles. The van der Waals surface area contributed by atoms with Crippen molar-refractivity contribution in [2.75, 3.05) is 34.4 Å². The highest BCUT2D eigenvalue weighted by Crippen LogP contribution is 2.39. The van der Waals surface area contributed by atoms with Gasteiger partial charge in [0.15, 0.2) is 11.5 Å². The summed E-state index contributed by atoms with van der Waals surface area (Å²) in [7, 11) is 4.98. The number of rotatable bonds is 10. The smallest absolute Gasteiger partial charge is 0.313 e. The van der Waals surface area contributed by atoms with E-state index in [1.807, 2.05) is 56.3 Å². The summed E-state index contributed by atoms with van der Waals surface area (Å²) in [5, 5.41) is 2.41. The van der Waals surface area contributed by atoms with E-state index in [0.717, 1.165) is 76.8 Å². The highest BCUT2D eigenvalue weighted by atomic mass is 16.6. The van der Waals surface area contributed by atoms with Gasteiger partial charge in [-0.3, -0.25) is 14.8 Å². The summed E-state index contributed by atoms with van der Waals surface area (Å²) < 4.78 is 22.5. The van der Waals surface area contributed by atoms with Gasteiger partial charge in [0.25, 0.3) is 0 Å². The van der Waals surface area contributed by atoms with Crippen LogP contribution in [0.25, 0.3) is 21.8 Å². The average Bonchev–Trinajstić information content (AvgIpc) is 3.66. The maximum Gasteiger partial charge on any atom is 0.313 e. The first-order valence-electron chi connectivity index (χ1n) is 16.2. The Kier molecular flexibility index (Phi) is 8.22. The van der Waals surface area contributed by atoms with Gasteiger partial charge in [-0.25, -0.2) is 0 Å². The van der Waals surface area contributed by atoms with Crippen molar-refractivity contribution in [3.63, 3.8) is 0 Å². The molecule has 2 aliphatic rings. The van der Waals surface area contributed by atoms with Crippen LogP contribution in [-0.2, 0) is 17.6 Å². The number of carbonyl (C=O) groups is 1. The normalized spacial score (nSPS) is 14.2. The van der Waals surface area contributed by atoms with Gasteiger partial charge in [-0.15, -0.1) is 0 Å². The van der Waals surface area contributed by atoms with Crippen LogP contribution >= 0.6 is 0 Å². The zero-order valence-electron chi connectivity index (χ0n) is 27.5. The van der Waals surface area contributed by atoms with E-state index < -0.39 is 0 Å². The summed E-state index contributed by atoms with van der Waals surface area (Å²) in [6.07, 6.45) is 3.14. The van der Waals surface area contributed by atoms with Gasteiger partial charge in [0, 0.05) is 47.0 Å². The Morgan fingerprint density at radius 3 is 1.77 bits per heavy atom. The number of carbonyl (C=O) groups excluding carboxylic acids is 1. The molecule has 47 heavy (non-hydrogen) atoms. The van der Waals surface area contributed by atoms with Gasteiger partial charge >= 0.3 is 5.97 Å². The Hall–Kier alpha value is -5.05. The number of nitrogens with zero attached hydrogens (tertiary/aromatic N) is 2. The van der Waals surface area contributed by atoms with Gasteiger partial charge < -0.3 is 28.9 Å². The van der Waals surface area contributed by atoms with Crippen LogP contribution < -0.4 is 18.9 Å². The van der Waals surface area contributed by atoms with Gasteiger partial charge in [0.1, 0.15) is 11.5 Å². The molecule has 0 spiro atoms. The van der Waals surface area contributed by atoms with E-state index in [1.54, 1.807) is 21.3 Å². The van der Waals surface area contributed by atoms with Crippen molar-refractivity contribution in [2.24, 2.45) is 15.9 Å². The second-order valence-electron chi connectivity index (χ2n) is 12.5. The first-order chi connectivity index (χ1) is 22.9. The third-order valence-electron chi connectivity index (χ3n) is 9.35. The van der Waals surface area contributed by atoms with Crippen LogP contribution in [-0.4, -0.2) is 61.8 Å². The molecule has 0 saturated heterocycles. The number of benzene rings is 3. The fourth-order valence-corrected chi connectivity index (χ4v) is 6.86. The number of aliphatic imine (C=N–C) groups is 2. The SMILES string of the molecule is COc1ccc2c3c([nH]c2c1)C(CC(CC1=NCCc2c1[nH]c1cc(OC)ccc21)c1ccc(OC(=O)C(C)C)c(OC)c1)=NCC3. The molecule has 0 aliphatic carbocycles. The van der Waals surface area contributed by atoms with Crippen LogP contribution in [0.5, 0.6) is 23.0 Å². The maximum atomic E-state index is 12.5. The lowest BCUT2D eigenvalue weighted by molar-refractivity contribution is -0.137. The van der Waals surface area contributed by atoms with Gasteiger partial charge in [-0.05, 0) is 84.7 Å². The van der Waals surface area contributed by atoms with Gasteiger partial charge in [0.05, 0.1) is 50.1 Å². The zero-order valence-corrected chi connectivity index (χ0v) is 27.5. The predicted octanol–water partition coefficient (Wildman–Crippen LogP) is 7.19. The third kappa shape index (κ3) is 5.75. The van der Waals surface area contributed by atoms with E-state index in [1.165, 1.54) is 21.9 Å². The van der Waals surface area contributed by atoms with Gasteiger partial charge in [-0.1, -0.05) is 19.9 Å². The molecule has 3 aromatic carbocycles. The summed E-state index contributed by atoms with van der Waals surface area (Å²) in [5.41, 5.74) is 10.00. The molecule has 4 heterocycles. The van der Waals surface area contributed by atoms with Crippen molar-refractivity contribution in [3.05, 3.63) is 82.7 Å². The first kappa shape index (κ1) is 30.6. The Bertz CT molecular complexity index is 1940. The number of nitrogens with one attached hydrogen (secondary N) is 2. The highest BCUT2D eigenvalue weighted by molar-refractivity contribution is 6.09. The highest BCUT2D eigenvalue weighted by Gasteiger charge is 2.28. The van der Waals surface area contributed by atoms with Crippen LogP contribution in [0.15, 0.2) is 64.6 Å². The Labute approximate surface area is 274 Å². The summed E-state index contributed by atoms with van der Waals surface area (Å²) in [4.78, 5) is 29.9. The number of aromatic amines is 2. The largest absolute Gasteiger partial charge is 0.497 e. The third-order valence-corrected chi connectivity index (χ3v) is 9.35. The summed E-state index contributed by atoms with van der Waals surface area (Å²) in [5.74, 6) is 2.03. The minimum absolute atomic E-state index is 0.00930. The van der Waals surface area contributed by atoms with Crippen LogP contribution in [0.1, 0.15) is 60.7 Å². The van der Waals surface area contributed by atoms with E-state index >= 15 is 0 Å². The molecule has 9 heteroatoms. The molecule has 0 unspecified atom stereocenters. The molecule has 0 saturated carbocycles. The van der Waals surface area contributed by atoms with E-state index in [2.05, 4.69) is 22.1 Å². The molecule has 0 atom stereocenters. The maximum absolute atomic E-state index is 12.5. The first-order valence-corrected chi connectivity index (χ1v) is 16.2. The lowest BCUT2D eigenvalue weighted by atomic mass is 9.84. The van der Waals surface area contributed by atoms with Crippen molar-refractivity contribution in [3.8, 4) is 23.0 Å². The zero-order chi connectivity index (χ0) is 32.7. The van der Waals surface area contributed by atoms with Gasteiger partial charge in [0.2, 0.25) is 0 Å².